The Morgan fingerprint density at radius 3 is 2.72 bits per heavy atom. The Hall–Kier alpha value is -2.58. The predicted octanol–water partition coefficient (Wildman–Crippen LogP) is 4.33. The summed E-state index contributed by atoms with van der Waals surface area (Å²) in [6, 6.07) is 16.7. The molecule has 0 saturated carbocycles. The Bertz CT molecular complexity index is 1100. The number of aryl methyl sites for hydroxylation is 2. The van der Waals surface area contributed by atoms with E-state index < -0.39 is 4.92 Å². The van der Waals surface area contributed by atoms with Crippen LogP contribution in [0.3, 0.4) is 0 Å². The molecule has 4 rings (SSSR count). The monoisotopic (exact) mass is 425 g/mol. The van der Waals surface area contributed by atoms with Crippen LogP contribution in [-0.4, -0.2) is 20.2 Å². The van der Waals surface area contributed by atoms with Crippen LogP contribution in [0.1, 0.15) is 16.8 Å². The van der Waals surface area contributed by atoms with E-state index in [1.165, 1.54) is 23.4 Å². The molecule has 1 aliphatic rings. The molecule has 0 N–H and O–H groups in total. The Morgan fingerprint density at radius 2 is 1.93 bits per heavy atom. The summed E-state index contributed by atoms with van der Waals surface area (Å²) >= 11 is 3.03. The van der Waals surface area contributed by atoms with Gasteiger partial charge in [-0.25, -0.2) is 4.98 Å². The molecule has 0 spiro atoms. The highest BCUT2D eigenvalue weighted by atomic mass is 32.2. The lowest BCUT2D eigenvalue weighted by Crippen LogP contribution is -2.26. The topological polar surface area (TPSA) is 78.0 Å². The van der Waals surface area contributed by atoms with Crippen molar-refractivity contribution in [2.45, 2.75) is 35.2 Å². The summed E-state index contributed by atoms with van der Waals surface area (Å²) in [5, 5.41) is 11.7. The van der Waals surface area contributed by atoms with Crippen molar-refractivity contribution >= 4 is 29.2 Å². The van der Waals surface area contributed by atoms with Crippen molar-refractivity contribution in [2.24, 2.45) is 0 Å². The van der Waals surface area contributed by atoms with Gasteiger partial charge in [-0.05, 0) is 17.5 Å². The van der Waals surface area contributed by atoms with E-state index in [9.17, 15) is 14.9 Å². The first-order valence-corrected chi connectivity index (χ1v) is 11.3. The third kappa shape index (κ3) is 4.54. The Balaban J connectivity index is 1.59. The van der Waals surface area contributed by atoms with Gasteiger partial charge in [0.25, 0.3) is 11.2 Å². The van der Waals surface area contributed by atoms with Gasteiger partial charge in [-0.3, -0.25) is 19.5 Å². The number of thioether (sulfide) groups is 2. The minimum absolute atomic E-state index is 0.0231. The zero-order valence-electron chi connectivity index (χ0n) is 15.6. The lowest BCUT2D eigenvalue weighted by Gasteiger charge is -2.14. The number of hydrogen-bond donors (Lipinski definition) is 0. The van der Waals surface area contributed by atoms with E-state index in [2.05, 4.69) is 12.1 Å². The van der Waals surface area contributed by atoms with Crippen LogP contribution in [0.5, 0.6) is 0 Å². The van der Waals surface area contributed by atoms with Crippen LogP contribution in [0.4, 0.5) is 5.69 Å². The lowest BCUT2D eigenvalue weighted by atomic mass is 10.1. The standard InChI is InChI=1S/C21H19N3O3S2/c25-20-19-18(10-12-28-19)22-21(23(20)11-9-15-5-2-1-3-6-15)29-14-16-7-4-8-17(13-16)24(26)27/h1-8,13H,9-12,14H2. The molecule has 3 aromatic rings. The molecule has 2 heterocycles. The number of fused-ring (bicyclic) bond motifs is 1. The molecule has 6 nitrogen and oxygen atoms in total. The molecule has 0 atom stereocenters. The Morgan fingerprint density at radius 1 is 1.14 bits per heavy atom. The average Bonchev–Trinajstić information content (AvgIpc) is 3.21. The predicted molar refractivity (Wildman–Crippen MR) is 116 cm³/mol. The van der Waals surface area contributed by atoms with Gasteiger partial charge in [0.2, 0.25) is 0 Å². The molecular formula is C21H19N3O3S2. The fourth-order valence-corrected chi connectivity index (χ4v) is 5.25. The SMILES string of the molecule is O=c1c2c(nc(SCc3cccc([N+](=O)[O-])c3)n1CCc1ccccc1)CCS2. The van der Waals surface area contributed by atoms with Crippen LogP contribution in [0, 0.1) is 10.1 Å². The number of non-ortho nitro benzene ring substituents is 1. The van der Waals surface area contributed by atoms with Crippen LogP contribution < -0.4 is 5.56 Å². The smallest absolute Gasteiger partial charge is 0.269 e. The second kappa shape index (κ2) is 8.84. The number of nitro groups is 1. The second-order valence-electron chi connectivity index (χ2n) is 6.68. The molecule has 8 heteroatoms. The fraction of sp³-hybridized carbons (Fsp3) is 0.238. The first-order valence-electron chi connectivity index (χ1n) is 9.28. The van der Waals surface area contributed by atoms with Crippen LogP contribution in [0.15, 0.2) is 69.4 Å². The molecule has 0 bridgehead atoms. The first kappa shape index (κ1) is 19.7. The number of nitro benzene ring substituents is 1. The maximum atomic E-state index is 13.1. The van der Waals surface area contributed by atoms with Gasteiger partial charge >= 0.3 is 0 Å². The number of benzene rings is 2. The molecule has 0 saturated heterocycles. The minimum Gasteiger partial charge on any atom is -0.286 e. The van der Waals surface area contributed by atoms with Gasteiger partial charge in [-0.1, -0.05) is 54.2 Å². The molecular weight excluding hydrogens is 406 g/mol. The van der Waals surface area contributed by atoms with E-state index >= 15 is 0 Å². The van der Waals surface area contributed by atoms with Crippen molar-refractivity contribution in [3.8, 4) is 0 Å². The minimum atomic E-state index is -0.394. The van der Waals surface area contributed by atoms with Gasteiger partial charge in [-0.2, -0.15) is 0 Å². The molecule has 148 valence electrons. The maximum Gasteiger partial charge on any atom is 0.269 e. The summed E-state index contributed by atoms with van der Waals surface area (Å²) in [5.74, 6) is 1.40. The number of nitrogens with zero attached hydrogens (tertiary/aromatic N) is 3. The van der Waals surface area contributed by atoms with Gasteiger partial charge < -0.3 is 0 Å². The number of hydrogen-bond acceptors (Lipinski definition) is 6. The molecule has 0 amide bonds. The molecule has 2 aromatic carbocycles. The van der Waals surface area contributed by atoms with E-state index in [0.717, 1.165) is 34.7 Å². The summed E-state index contributed by atoms with van der Waals surface area (Å²) in [7, 11) is 0. The normalized spacial score (nSPS) is 12.7. The van der Waals surface area contributed by atoms with Crippen LogP contribution in [0.2, 0.25) is 0 Å². The third-order valence-electron chi connectivity index (χ3n) is 4.70. The van der Waals surface area contributed by atoms with Crippen molar-refractivity contribution in [1.82, 2.24) is 9.55 Å². The first-order chi connectivity index (χ1) is 14.1. The maximum absolute atomic E-state index is 13.1. The zero-order valence-corrected chi connectivity index (χ0v) is 17.2. The van der Waals surface area contributed by atoms with Gasteiger partial charge in [0.1, 0.15) is 0 Å². The quantitative estimate of drug-likeness (QED) is 0.243. The van der Waals surface area contributed by atoms with E-state index in [0.29, 0.717) is 17.5 Å². The molecule has 0 aliphatic carbocycles. The molecule has 0 unspecified atom stereocenters. The van der Waals surface area contributed by atoms with Crippen LogP contribution >= 0.6 is 23.5 Å². The van der Waals surface area contributed by atoms with Gasteiger partial charge in [0.05, 0.1) is 15.5 Å². The summed E-state index contributed by atoms with van der Waals surface area (Å²) in [6.45, 7) is 0.557. The highest BCUT2D eigenvalue weighted by Crippen LogP contribution is 2.30. The van der Waals surface area contributed by atoms with Crippen molar-refractivity contribution in [1.29, 1.82) is 0 Å². The third-order valence-corrected chi connectivity index (χ3v) is 6.86. The van der Waals surface area contributed by atoms with Gasteiger partial charge in [0, 0.05) is 36.6 Å². The Labute approximate surface area is 176 Å². The van der Waals surface area contributed by atoms with E-state index in [1.807, 2.05) is 24.3 Å². The van der Waals surface area contributed by atoms with Crippen molar-refractivity contribution < 1.29 is 4.92 Å². The number of rotatable bonds is 7. The van der Waals surface area contributed by atoms with Crippen molar-refractivity contribution in [3.63, 3.8) is 0 Å². The van der Waals surface area contributed by atoms with Crippen LogP contribution in [0.25, 0.3) is 0 Å². The summed E-state index contributed by atoms with van der Waals surface area (Å²) < 4.78 is 1.76. The second-order valence-corrected chi connectivity index (χ2v) is 8.72. The molecule has 0 radical (unpaired) electrons. The highest BCUT2D eigenvalue weighted by Gasteiger charge is 2.21. The fourth-order valence-electron chi connectivity index (χ4n) is 3.22. The van der Waals surface area contributed by atoms with Gasteiger partial charge in [0.15, 0.2) is 5.16 Å². The summed E-state index contributed by atoms with van der Waals surface area (Å²) in [6.07, 6.45) is 1.55. The molecule has 1 aliphatic heterocycles. The zero-order chi connectivity index (χ0) is 20.2. The van der Waals surface area contributed by atoms with E-state index in [4.69, 9.17) is 4.98 Å². The largest absolute Gasteiger partial charge is 0.286 e. The van der Waals surface area contributed by atoms with E-state index in [1.54, 1.807) is 28.5 Å². The van der Waals surface area contributed by atoms with E-state index in [-0.39, 0.29) is 11.2 Å². The van der Waals surface area contributed by atoms with Gasteiger partial charge in [-0.15, -0.1) is 11.8 Å². The molecule has 0 fully saturated rings. The van der Waals surface area contributed by atoms with Crippen LogP contribution in [-0.2, 0) is 25.1 Å². The van der Waals surface area contributed by atoms with Crippen molar-refractivity contribution in [3.05, 3.63) is 91.9 Å². The van der Waals surface area contributed by atoms with Crippen molar-refractivity contribution in [2.75, 3.05) is 5.75 Å². The summed E-state index contributed by atoms with van der Waals surface area (Å²) in [4.78, 5) is 29.2. The molecule has 1 aromatic heterocycles. The average molecular weight is 426 g/mol. The highest BCUT2D eigenvalue weighted by molar-refractivity contribution is 7.99. The Kier molecular flexibility index (Phi) is 6.01. The lowest BCUT2D eigenvalue weighted by molar-refractivity contribution is -0.384. The molecule has 29 heavy (non-hydrogen) atoms. The summed E-state index contributed by atoms with van der Waals surface area (Å²) in [5.41, 5.74) is 2.97. The number of aromatic nitrogens is 2.